The van der Waals surface area contributed by atoms with Crippen LogP contribution in [0.15, 0.2) is 38.6 Å². The van der Waals surface area contributed by atoms with Gasteiger partial charge in [0.15, 0.2) is 0 Å². The Balaban J connectivity index is 2.70. The molecule has 0 saturated carbocycles. The summed E-state index contributed by atoms with van der Waals surface area (Å²) in [5, 5.41) is 4.29. The Bertz CT molecular complexity index is 667. The van der Waals surface area contributed by atoms with E-state index in [4.69, 9.17) is 9.95 Å². The molecule has 0 atom stereocenters. The molecule has 0 aliphatic heterocycles. The smallest absolute Gasteiger partial charge is 0.339 e. The number of nitrogens with zero attached hydrogens (tertiary/aromatic N) is 3. The first-order valence-corrected chi connectivity index (χ1v) is 5.24. The fourth-order valence-electron chi connectivity index (χ4n) is 1.63. The van der Waals surface area contributed by atoms with Gasteiger partial charge >= 0.3 is 5.63 Å². The minimum absolute atomic E-state index is 0.118. The van der Waals surface area contributed by atoms with Crippen LogP contribution in [0.4, 0.5) is 5.69 Å². The molecule has 0 fully saturated rings. The Morgan fingerprint density at radius 1 is 1.35 bits per heavy atom. The van der Waals surface area contributed by atoms with Crippen molar-refractivity contribution in [2.24, 2.45) is 5.11 Å². The maximum atomic E-state index is 11.7. The lowest BCUT2D eigenvalue weighted by Crippen LogP contribution is -2.08. The topological polar surface area (TPSA) is 79.0 Å². The third kappa shape index (κ3) is 2.14. The molecule has 0 bridgehead atoms. The van der Waals surface area contributed by atoms with Crippen LogP contribution in [0, 0.1) is 0 Å². The van der Waals surface area contributed by atoms with E-state index in [2.05, 4.69) is 10.0 Å². The molecule has 0 saturated heterocycles. The molecule has 5 heteroatoms. The van der Waals surface area contributed by atoms with Crippen LogP contribution in [0.5, 0.6) is 0 Å². The van der Waals surface area contributed by atoms with Crippen LogP contribution in [0.2, 0.25) is 0 Å². The van der Waals surface area contributed by atoms with Gasteiger partial charge in [-0.2, -0.15) is 0 Å². The predicted molar refractivity (Wildman–Crippen MR) is 65.4 cm³/mol. The van der Waals surface area contributed by atoms with Gasteiger partial charge in [0.1, 0.15) is 5.58 Å². The SMILES string of the molecule is CC(C)c1cc2ccc(N=[N+]=[N-])cc2oc1=O. The molecule has 1 aromatic heterocycles. The van der Waals surface area contributed by atoms with E-state index in [1.54, 1.807) is 18.2 Å². The number of hydrogen-bond donors (Lipinski definition) is 0. The van der Waals surface area contributed by atoms with Crippen molar-refractivity contribution in [2.75, 3.05) is 0 Å². The fourth-order valence-corrected chi connectivity index (χ4v) is 1.63. The number of azide groups is 1. The maximum absolute atomic E-state index is 11.7. The molecule has 0 aliphatic carbocycles. The Labute approximate surface area is 97.3 Å². The van der Waals surface area contributed by atoms with Crippen molar-refractivity contribution in [3.63, 3.8) is 0 Å². The molecular weight excluding hydrogens is 218 g/mol. The lowest BCUT2D eigenvalue weighted by Gasteiger charge is -2.04. The monoisotopic (exact) mass is 229 g/mol. The van der Waals surface area contributed by atoms with Gasteiger partial charge in [-0.25, -0.2) is 4.79 Å². The van der Waals surface area contributed by atoms with Crippen LogP contribution in [-0.2, 0) is 0 Å². The molecule has 0 spiro atoms. The molecule has 17 heavy (non-hydrogen) atoms. The van der Waals surface area contributed by atoms with E-state index in [9.17, 15) is 4.79 Å². The fraction of sp³-hybridized carbons (Fsp3) is 0.250. The van der Waals surface area contributed by atoms with Crippen molar-refractivity contribution in [3.8, 4) is 0 Å². The number of benzene rings is 1. The Kier molecular flexibility index (Phi) is 2.85. The minimum Gasteiger partial charge on any atom is -0.423 e. The standard InChI is InChI=1S/C12H11N3O2/c1-7(2)10-5-8-3-4-9(14-15-13)6-11(8)17-12(10)16/h3-7H,1-2H3. The zero-order valence-corrected chi connectivity index (χ0v) is 9.54. The normalized spacial score (nSPS) is 10.5. The van der Waals surface area contributed by atoms with E-state index in [1.165, 1.54) is 0 Å². The highest BCUT2D eigenvalue weighted by atomic mass is 16.4. The average Bonchev–Trinajstić information content (AvgIpc) is 2.28. The highest BCUT2D eigenvalue weighted by molar-refractivity contribution is 5.80. The largest absolute Gasteiger partial charge is 0.423 e. The van der Waals surface area contributed by atoms with Gasteiger partial charge in [0, 0.05) is 21.5 Å². The Morgan fingerprint density at radius 2 is 2.12 bits per heavy atom. The van der Waals surface area contributed by atoms with E-state index >= 15 is 0 Å². The van der Waals surface area contributed by atoms with Gasteiger partial charge in [0.25, 0.3) is 0 Å². The van der Waals surface area contributed by atoms with Crippen molar-refractivity contribution in [1.82, 2.24) is 0 Å². The highest BCUT2D eigenvalue weighted by Crippen LogP contribution is 2.22. The second-order valence-electron chi connectivity index (χ2n) is 4.06. The van der Waals surface area contributed by atoms with E-state index in [0.717, 1.165) is 5.39 Å². The summed E-state index contributed by atoms with van der Waals surface area (Å²) in [7, 11) is 0. The van der Waals surface area contributed by atoms with Gasteiger partial charge in [-0.3, -0.25) is 0 Å². The molecule has 2 aromatic rings. The van der Waals surface area contributed by atoms with Gasteiger partial charge in [-0.1, -0.05) is 31.1 Å². The Hall–Kier alpha value is -2.26. The van der Waals surface area contributed by atoms with Crippen LogP contribution in [0.1, 0.15) is 25.3 Å². The first kappa shape index (κ1) is 11.2. The highest BCUT2D eigenvalue weighted by Gasteiger charge is 2.08. The zero-order chi connectivity index (χ0) is 12.4. The van der Waals surface area contributed by atoms with Crippen molar-refractivity contribution < 1.29 is 4.42 Å². The van der Waals surface area contributed by atoms with E-state index in [-0.39, 0.29) is 11.5 Å². The lowest BCUT2D eigenvalue weighted by molar-refractivity contribution is 0.544. The summed E-state index contributed by atoms with van der Waals surface area (Å²) in [6.07, 6.45) is 0. The summed E-state index contributed by atoms with van der Waals surface area (Å²) < 4.78 is 5.20. The van der Waals surface area contributed by atoms with Crippen LogP contribution < -0.4 is 5.63 Å². The molecule has 2 rings (SSSR count). The first-order valence-electron chi connectivity index (χ1n) is 5.24. The van der Waals surface area contributed by atoms with E-state index in [1.807, 2.05) is 19.9 Å². The zero-order valence-electron chi connectivity index (χ0n) is 9.54. The first-order chi connectivity index (χ1) is 8.11. The number of rotatable bonds is 2. The molecule has 0 N–H and O–H groups in total. The molecule has 0 amide bonds. The number of fused-ring (bicyclic) bond motifs is 1. The van der Waals surface area contributed by atoms with Crippen LogP contribution in [-0.4, -0.2) is 0 Å². The second kappa shape index (κ2) is 4.31. The summed E-state index contributed by atoms with van der Waals surface area (Å²) in [5.41, 5.74) is 9.50. The summed E-state index contributed by atoms with van der Waals surface area (Å²) in [4.78, 5) is 14.4. The molecule has 0 aliphatic rings. The summed E-state index contributed by atoms with van der Waals surface area (Å²) >= 11 is 0. The van der Waals surface area contributed by atoms with Gasteiger partial charge in [-0.15, -0.1) is 0 Å². The molecule has 0 unspecified atom stereocenters. The van der Waals surface area contributed by atoms with Crippen molar-refractivity contribution >= 4 is 16.7 Å². The van der Waals surface area contributed by atoms with Crippen molar-refractivity contribution in [2.45, 2.75) is 19.8 Å². The summed E-state index contributed by atoms with van der Waals surface area (Å²) in [6, 6.07) is 6.83. The van der Waals surface area contributed by atoms with Gasteiger partial charge in [-0.05, 0) is 23.6 Å². The quantitative estimate of drug-likeness (QED) is 0.339. The van der Waals surface area contributed by atoms with Gasteiger partial charge < -0.3 is 4.42 Å². The van der Waals surface area contributed by atoms with Crippen LogP contribution in [0.25, 0.3) is 21.4 Å². The number of hydrogen-bond acceptors (Lipinski definition) is 3. The average molecular weight is 229 g/mol. The lowest BCUT2D eigenvalue weighted by atomic mass is 10.0. The van der Waals surface area contributed by atoms with E-state index in [0.29, 0.717) is 16.8 Å². The molecule has 86 valence electrons. The second-order valence-corrected chi connectivity index (χ2v) is 4.06. The van der Waals surface area contributed by atoms with E-state index < -0.39 is 0 Å². The van der Waals surface area contributed by atoms with Crippen molar-refractivity contribution in [3.05, 3.63) is 50.7 Å². The van der Waals surface area contributed by atoms with Crippen LogP contribution in [0.3, 0.4) is 0 Å². The molecule has 0 radical (unpaired) electrons. The third-order valence-corrected chi connectivity index (χ3v) is 2.53. The molecule has 1 heterocycles. The maximum Gasteiger partial charge on any atom is 0.339 e. The van der Waals surface area contributed by atoms with Gasteiger partial charge in [0.2, 0.25) is 0 Å². The summed E-state index contributed by atoms with van der Waals surface area (Å²) in [6.45, 7) is 3.87. The third-order valence-electron chi connectivity index (χ3n) is 2.53. The molecular formula is C12H11N3O2. The van der Waals surface area contributed by atoms with Crippen molar-refractivity contribution in [1.29, 1.82) is 0 Å². The van der Waals surface area contributed by atoms with Gasteiger partial charge in [0.05, 0.1) is 0 Å². The van der Waals surface area contributed by atoms with Crippen LogP contribution >= 0.6 is 0 Å². The minimum atomic E-state index is -0.342. The summed E-state index contributed by atoms with van der Waals surface area (Å²) in [5.74, 6) is 0.118. The molecule has 5 nitrogen and oxygen atoms in total. The molecule has 1 aromatic carbocycles. The Morgan fingerprint density at radius 3 is 2.76 bits per heavy atom. The predicted octanol–water partition coefficient (Wildman–Crippen LogP) is 3.86.